The summed E-state index contributed by atoms with van der Waals surface area (Å²) >= 11 is 0. The number of nitrogens with two attached hydrogens (primary N) is 1. The van der Waals surface area contributed by atoms with Crippen molar-refractivity contribution in [2.75, 3.05) is 6.54 Å². The average molecular weight is 320 g/mol. The summed E-state index contributed by atoms with van der Waals surface area (Å²) in [7, 11) is 0. The molecule has 1 unspecified atom stereocenters. The van der Waals surface area contributed by atoms with Gasteiger partial charge in [-0.15, -0.1) is 0 Å². The van der Waals surface area contributed by atoms with E-state index < -0.39 is 0 Å². The highest BCUT2D eigenvalue weighted by Gasteiger charge is 2.32. The van der Waals surface area contributed by atoms with E-state index in [2.05, 4.69) is 36.4 Å². The Morgan fingerprint density at radius 1 is 1.21 bits per heavy atom. The molecule has 1 amide bonds. The van der Waals surface area contributed by atoms with Gasteiger partial charge in [0, 0.05) is 6.54 Å². The van der Waals surface area contributed by atoms with E-state index in [0.29, 0.717) is 17.9 Å². The van der Waals surface area contributed by atoms with Crippen molar-refractivity contribution in [2.45, 2.75) is 25.4 Å². The van der Waals surface area contributed by atoms with Gasteiger partial charge >= 0.3 is 0 Å². The molecule has 4 rings (SSSR count). The molecule has 0 spiro atoms. The van der Waals surface area contributed by atoms with Crippen LogP contribution in [0, 0.1) is 0 Å². The van der Waals surface area contributed by atoms with Crippen LogP contribution in [0.1, 0.15) is 40.6 Å². The van der Waals surface area contributed by atoms with Crippen LogP contribution in [0.3, 0.4) is 0 Å². The summed E-state index contributed by atoms with van der Waals surface area (Å²) < 4.78 is 5.33. The van der Waals surface area contributed by atoms with Crippen molar-refractivity contribution < 1.29 is 9.21 Å². The van der Waals surface area contributed by atoms with Crippen molar-refractivity contribution in [3.8, 4) is 0 Å². The summed E-state index contributed by atoms with van der Waals surface area (Å²) in [6.07, 6.45) is 3.52. The van der Waals surface area contributed by atoms with Gasteiger partial charge < -0.3 is 15.1 Å². The van der Waals surface area contributed by atoms with Gasteiger partial charge in [-0.1, -0.05) is 42.5 Å². The highest BCUT2D eigenvalue weighted by atomic mass is 16.3. The minimum Gasteiger partial charge on any atom is -0.467 e. The first-order valence-electron chi connectivity index (χ1n) is 8.34. The van der Waals surface area contributed by atoms with E-state index in [0.717, 1.165) is 19.4 Å². The molecule has 2 heterocycles. The molecule has 1 fully saturated rings. The lowest BCUT2D eigenvalue weighted by Crippen LogP contribution is -2.30. The van der Waals surface area contributed by atoms with Crippen LogP contribution in [0.2, 0.25) is 0 Å². The SMILES string of the molecule is NCc1cc(C(=O)N2CCCC2c2cccc3ccccc23)co1. The Balaban J connectivity index is 1.70. The number of hydrogen-bond acceptors (Lipinski definition) is 3. The summed E-state index contributed by atoms with van der Waals surface area (Å²) in [5.41, 5.74) is 7.39. The minimum atomic E-state index is 0.0221. The second-order valence-corrected chi connectivity index (χ2v) is 6.23. The number of nitrogens with zero attached hydrogens (tertiary/aromatic N) is 1. The van der Waals surface area contributed by atoms with Gasteiger partial charge in [-0.3, -0.25) is 4.79 Å². The Morgan fingerprint density at radius 2 is 2.04 bits per heavy atom. The minimum absolute atomic E-state index is 0.0221. The third kappa shape index (κ3) is 2.49. The Morgan fingerprint density at radius 3 is 2.88 bits per heavy atom. The largest absolute Gasteiger partial charge is 0.467 e. The van der Waals surface area contributed by atoms with E-state index in [4.69, 9.17) is 10.2 Å². The highest BCUT2D eigenvalue weighted by Crippen LogP contribution is 2.36. The summed E-state index contributed by atoms with van der Waals surface area (Å²) in [5, 5.41) is 2.43. The number of carbonyl (C=O) groups excluding carboxylic acids is 1. The van der Waals surface area contributed by atoms with Gasteiger partial charge in [0.05, 0.1) is 18.2 Å². The highest BCUT2D eigenvalue weighted by molar-refractivity contribution is 5.95. The monoisotopic (exact) mass is 320 g/mol. The Bertz CT molecular complexity index is 879. The molecule has 2 aromatic carbocycles. The molecule has 3 aromatic rings. The Hall–Kier alpha value is -2.59. The Kier molecular flexibility index (Phi) is 3.82. The van der Waals surface area contributed by atoms with Gasteiger partial charge in [-0.05, 0) is 35.2 Å². The molecule has 4 nitrogen and oxygen atoms in total. The van der Waals surface area contributed by atoms with Crippen LogP contribution < -0.4 is 5.73 Å². The van der Waals surface area contributed by atoms with Crippen molar-refractivity contribution >= 4 is 16.7 Å². The number of hydrogen-bond donors (Lipinski definition) is 1. The lowest BCUT2D eigenvalue weighted by atomic mass is 9.97. The summed E-state index contributed by atoms with van der Waals surface area (Å²) in [6, 6.07) is 16.5. The van der Waals surface area contributed by atoms with Crippen LogP contribution in [0.15, 0.2) is 59.2 Å². The molecule has 1 atom stereocenters. The molecule has 0 aliphatic carbocycles. The van der Waals surface area contributed by atoms with Crippen LogP contribution in [0.4, 0.5) is 0 Å². The molecule has 1 aromatic heterocycles. The lowest BCUT2D eigenvalue weighted by molar-refractivity contribution is 0.0736. The number of carbonyl (C=O) groups is 1. The molecule has 0 bridgehead atoms. The van der Waals surface area contributed by atoms with Crippen molar-refractivity contribution in [3.63, 3.8) is 0 Å². The molecule has 0 saturated carbocycles. The molecule has 122 valence electrons. The van der Waals surface area contributed by atoms with Crippen LogP contribution in [-0.2, 0) is 6.54 Å². The first-order valence-corrected chi connectivity index (χ1v) is 8.34. The number of amides is 1. The van der Waals surface area contributed by atoms with Crippen molar-refractivity contribution in [1.29, 1.82) is 0 Å². The molecular weight excluding hydrogens is 300 g/mol. The first-order chi connectivity index (χ1) is 11.8. The third-order valence-corrected chi connectivity index (χ3v) is 4.80. The number of benzene rings is 2. The van der Waals surface area contributed by atoms with Crippen LogP contribution >= 0.6 is 0 Å². The van der Waals surface area contributed by atoms with Crippen molar-refractivity contribution in [2.24, 2.45) is 5.73 Å². The van der Waals surface area contributed by atoms with E-state index in [1.807, 2.05) is 11.0 Å². The van der Waals surface area contributed by atoms with Gasteiger partial charge in [0.25, 0.3) is 5.91 Å². The van der Waals surface area contributed by atoms with E-state index >= 15 is 0 Å². The van der Waals surface area contributed by atoms with Crippen molar-refractivity contribution in [1.82, 2.24) is 4.90 Å². The fourth-order valence-corrected chi connectivity index (χ4v) is 3.64. The molecule has 24 heavy (non-hydrogen) atoms. The Labute approximate surface area is 140 Å². The summed E-state index contributed by atoms with van der Waals surface area (Å²) in [5.74, 6) is 0.660. The number of likely N-dealkylation sites (tertiary alicyclic amines) is 1. The van der Waals surface area contributed by atoms with Crippen LogP contribution in [0.25, 0.3) is 10.8 Å². The van der Waals surface area contributed by atoms with Crippen molar-refractivity contribution in [3.05, 3.63) is 71.7 Å². The number of furan rings is 1. The number of fused-ring (bicyclic) bond motifs is 1. The maximum absolute atomic E-state index is 12.9. The van der Waals surface area contributed by atoms with E-state index in [-0.39, 0.29) is 11.9 Å². The molecule has 2 N–H and O–H groups in total. The van der Waals surface area contributed by atoms with Gasteiger partial charge in [-0.25, -0.2) is 0 Å². The zero-order valence-corrected chi connectivity index (χ0v) is 13.4. The smallest absolute Gasteiger partial charge is 0.257 e. The average Bonchev–Trinajstić information content (AvgIpc) is 3.30. The first kappa shape index (κ1) is 15.0. The van der Waals surface area contributed by atoms with Gasteiger partial charge in [0.15, 0.2) is 0 Å². The molecule has 1 aliphatic heterocycles. The molecule has 1 saturated heterocycles. The predicted molar refractivity (Wildman–Crippen MR) is 93.6 cm³/mol. The lowest BCUT2D eigenvalue weighted by Gasteiger charge is -2.25. The second-order valence-electron chi connectivity index (χ2n) is 6.23. The van der Waals surface area contributed by atoms with Crippen LogP contribution in [0.5, 0.6) is 0 Å². The molecular formula is C20H20N2O2. The van der Waals surface area contributed by atoms with Gasteiger partial charge in [-0.2, -0.15) is 0 Å². The summed E-state index contributed by atoms with van der Waals surface area (Å²) in [6.45, 7) is 1.08. The molecule has 4 heteroatoms. The molecule has 0 radical (unpaired) electrons. The quantitative estimate of drug-likeness (QED) is 0.797. The normalized spacial score (nSPS) is 17.5. The topological polar surface area (TPSA) is 59.5 Å². The second kappa shape index (κ2) is 6.13. The third-order valence-electron chi connectivity index (χ3n) is 4.80. The molecule has 1 aliphatic rings. The summed E-state index contributed by atoms with van der Waals surface area (Å²) in [4.78, 5) is 14.9. The number of rotatable bonds is 3. The van der Waals surface area contributed by atoms with Gasteiger partial charge in [0.2, 0.25) is 0 Å². The maximum Gasteiger partial charge on any atom is 0.257 e. The zero-order valence-electron chi connectivity index (χ0n) is 13.4. The fraction of sp³-hybridized carbons (Fsp3) is 0.250. The van der Waals surface area contributed by atoms with E-state index in [1.165, 1.54) is 22.6 Å². The predicted octanol–water partition coefficient (Wildman–Crippen LogP) is 3.87. The maximum atomic E-state index is 12.9. The zero-order chi connectivity index (χ0) is 16.5. The fourth-order valence-electron chi connectivity index (χ4n) is 3.64. The van der Waals surface area contributed by atoms with Crippen LogP contribution in [-0.4, -0.2) is 17.4 Å². The van der Waals surface area contributed by atoms with E-state index in [1.54, 1.807) is 6.07 Å². The van der Waals surface area contributed by atoms with E-state index in [9.17, 15) is 4.79 Å². The standard InChI is InChI=1S/C20H20N2O2/c21-12-16-11-15(13-24-16)20(23)22-10-4-9-19(22)18-8-3-6-14-5-1-2-7-17(14)18/h1-3,5-8,11,13,19H,4,9-10,12,21H2. The van der Waals surface area contributed by atoms with Gasteiger partial charge in [0.1, 0.15) is 12.0 Å².